The van der Waals surface area contributed by atoms with E-state index in [4.69, 9.17) is 5.41 Å². The molecule has 0 saturated carbocycles. The molecule has 0 fully saturated rings. The second-order valence-electron chi connectivity index (χ2n) is 2.04. The molecule has 0 heterocycles. The molecule has 54 valence electrons. The molecule has 0 radical (unpaired) electrons. The van der Waals surface area contributed by atoms with Gasteiger partial charge >= 0.3 is 0 Å². The minimum Gasteiger partial charge on any atom is -0.309 e. The molecule has 1 N–H and O–H groups in total. The zero-order chi connectivity index (χ0) is 7.28. The Morgan fingerprint density at radius 1 is 1.56 bits per heavy atom. The standard InChI is InChI=1S/C7H15NS/c1-4-7(6(3)8)9-5-2/h7-8H,4-5H2,1-3H3. The quantitative estimate of drug-likeness (QED) is 0.604. The van der Waals surface area contributed by atoms with Gasteiger partial charge in [-0.25, -0.2) is 0 Å². The van der Waals surface area contributed by atoms with E-state index in [1.54, 1.807) is 0 Å². The fraction of sp³-hybridized carbons (Fsp3) is 0.857. The molecule has 0 bridgehead atoms. The van der Waals surface area contributed by atoms with Gasteiger partial charge in [0.05, 0.1) is 0 Å². The van der Waals surface area contributed by atoms with Gasteiger partial charge < -0.3 is 5.41 Å². The van der Waals surface area contributed by atoms with Gasteiger partial charge in [-0.3, -0.25) is 0 Å². The summed E-state index contributed by atoms with van der Waals surface area (Å²) in [6, 6.07) is 0. The minimum atomic E-state index is 0.468. The summed E-state index contributed by atoms with van der Waals surface area (Å²) in [5.74, 6) is 1.12. The Morgan fingerprint density at radius 2 is 2.11 bits per heavy atom. The van der Waals surface area contributed by atoms with Crippen LogP contribution in [0.1, 0.15) is 27.2 Å². The first-order valence-corrected chi connectivity index (χ1v) is 4.43. The van der Waals surface area contributed by atoms with Crippen molar-refractivity contribution in [2.24, 2.45) is 0 Å². The number of nitrogens with one attached hydrogen (secondary N) is 1. The SMILES string of the molecule is CCSC(CC)C(C)=N. The number of hydrogen-bond donors (Lipinski definition) is 1. The molecule has 1 unspecified atom stereocenters. The lowest BCUT2D eigenvalue weighted by Crippen LogP contribution is -2.11. The van der Waals surface area contributed by atoms with Gasteiger partial charge in [0.25, 0.3) is 0 Å². The van der Waals surface area contributed by atoms with Gasteiger partial charge in [-0.1, -0.05) is 13.8 Å². The highest BCUT2D eigenvalue weighted by Crippen LogP contribution is 2.14. The molecule has 9 heavy (non-hydrogen) atoms. The molecule has 0 aliphatic heterocycles. The summed E-state index contributed by atoms with van der Waals surface area (Å²) in [6.45, 7) is 6.15. The first-order valence-electron chi connectivity index (χ1n) is 3.39. The zero-order valence-electron chi connectivity index (χ0n) is 6.40. The number of thioether (sulfide) groups is 1. The van der Waals surface area contributed by atoms with E-state index >= 15 is 0 Å². The van der Waals surface area contributed by atoms with Crippen LogP contribution in [0, 0.1) is 5.41 Å². The van der Waals surface area contributed by atoms with Crippen molar-refractivity contribution in [2.75, 3.05) is 5.75 Å². The topological polar surface area (TPSA) is 23.9 Å². The largest absolute Gasteiger partial charge is 0.309 e. The van der Waals surface area contributed by atoms with E-state index < -0.39 is 0 Å². The van der Waals surface area contributed by atoms with Crippen LogP contribution < -0.4 is 0 Å². The van der Waals surface area contributed by atoms with Crippen LogP contribution in [0.4, 0.5) is 0 Å². The Labute approximate surface area is 61.7 Å². The van der Waals surface area contributed by atoms with Gasteiger partial charge in [-0.05, 0) is 19.1 Å². The van der Waals surface area contributed by atoms with E-state index in [1.807, 2.05) is 18.7 Å². The summed E-state index contributed by atoms with van der Waals surface area (Å²) in [5, 5.41) is 7.80. The van der Waals surface area contributed by atoms with Crippen molar-refractivity contribution in [3.05, 3.63) is 0 Å². The van der Waals surface area contributed by atoms with Crippen molar-refractivity contribution in [1.82, 2.24) is 0 Å². The molecule has 1 atom stereocenters. The van der Waals surface area contributed by atoms with Gasteiger partial charge in [-0.2, -0.15) is 11.8 Å². The second kappa shape index (κ2) is 4.86. The van der Waals surface area contributed by atoms with E-state index in [9.17, 15) is 0 Å². The minimum absolute atomic E-state index is 0.468. The molecule has 0 amide bonds. The Bertz CT molecular complexity index is 90.9. The van der Waals surface area contributed by atoms with Gasteiger partial charge in [0.2, 0.25) is 0 Å². The third-order valence-corrected chi connectivity index (χ3v) is 2.64. The maximum Gasteiger partial charge on any atom is 0.0418 e. The number of hydrogen-bond acceptors (Lipinski definition) is 2. The summed E-state index contributed by atoms with van der Waals surface area (Å²) in [4.78, 5) is 0. The molecule has 0 saturated heterocycles. The third kappa shape index (κ3) is 3.57. The molecular formula is C7H15NS. The molecule has 2 heteroatoms. The van der Waals surface area contributed by atoms with Crippen molar-refractivity contribution < 1.29 is 0 Å². The molecule has 0 aliphatic carbocycles. The average molecular weight is 145 g/mol. The molecule has 0 spiro atoms. The average Bonchev–Trinajstić information content (AvgIpc) is 1.82. The van der Waals surface area contributed by atoms with Crippen molar-refractivity contribution in [2.45, 2.75) is 32.4 Å². The fourth-order valence-corrected chi connectivity index (χ4v) is 1.64. The van der Waals surface area contributed by atoms with E-state index in [-0.39, 0.29) is 0 Å². The molecule has 1 nitrogen and oxygen atoms in total. The van der Waals surface area contributed by atoms with Crippen LogP contribution in [-0.2, 0) is 0 Å². The summed E-state index contributed by atoms with van der Waals surface area (Å²) < 4.78 is 0. The smallest absolute Gasteiger partial charge is 0.0418 e. The maximum absolute atomic E-state index is 7.33. The molecule has 0 aliphatic rings. The Balaban J connectivity index is 3.54. The fourth-order valence-electron chi connectivity index (χ4n) is 0.750. The van der Waals surface area contributed by atoms with E-state index in [2.05, 4.69) is 13.8 Å². The Kier molecular flexibility index (Phi) is 4.87. The lowest BCUT2D eigenvalue weighted by molar-refractivity contribution is 0.997. The highest BCUT2D eigenvalue weighted by atomic mass is 32.2. The van der Waals surface area contributed by atoms with Crippen LogP contribution in [0.3, 0.4) is 0 Å². The molecule has 0 rings (SSSR count). The van der Waals surface area contributed by atoms with Crippen LogP contribution in [0.5, 0.6) is 0 Å². The molecular weight excluding hydrogens is 130 g/mol. The molecule has 0 aromatic rings. The maximum atomic E-state index is 7.33. The second-order valence-corrected chi connectivity index (χ2v) is 3.51. The Hall–Kier alpha value is 0.0200. The van der Waals surface area contributed by atoms with Crippen LogP contribution >= 0.6 is 11.8 Å². The van der Waals surface area contributed by atoms with Crippen molar-refractivity contribution in [1.29, 1.82) is 5.41 Å². The van der Waals surface area contributed by atoms with Gasteiger partial charge in [-0.15, -0.1) is 0 Å². The summed E-state index contributed by atoms with van der Waals surface area (Å²) in [5.41, 5.74) is 0.810. The van der Waals surface area contributed by atoms with Crippen LogP contribution in [-0.4, -0.2) is 16.7 Å². The predicted molar refractivity (Wildman–Crippen MR) is 45.6 cm³/mol. The first kappa shape index (κ1) is 9.02. The van der Waals surface area contributed by atoms with Crippen molar-refractivity contribution in [3.8, 4) is 0 Å². The Morgan fingerprint density at radius 3 is 2.22 bits per heavy atom. The first-order chi connectivity index (χ1) is 4.22. The number of rotatable bonds is 4. The molecule has 0 aromatic heterocycles. The van der Waals surface area contributed by atoms with Crippen LogP contribution in [0.25, 0.3) is 0 Å². The summed E-state index contributed by atoms with van der Waals surface area (Å²) in [7, 11) is 0. The monoisotopic (exact) mass is 145 g/mol. The molecule has 0 aromatic carbocycles. The van der Waals surface area contributed by atoms with Crippen molar-refractivity contribution in [3.63, 3.8) is 0 Å². The highest BCUT2D eigenvalue weighted by molar-refractivity contribution is 8.00. The summed E-state index contributed by atoms with van der Waals surface area (Å²) in [6.07, 6.45) is 1.09. The zero-order valence-corrected chi connectivity index (χ0v) is 7.22. The van der Waals surface area contributed by atoms with Crippen molar-refractivity contribution >= 4 is 17.5 Å². The van der Waals surface area contributed by atoms with E-state index in [0.29, 0.717) is 5.25 Å². The van der Waals surface area contributed by atoms with Gasteiger partial charge in [0, 0.05) is 11.0 Å². The van der Waals surface area contributed by atoms with Gasteiger partial charge in [0.15, 0.2) is 0 Å². The van der Waals surface area contributed by atoms with Gasteiger partial charge in [0.1, 0.15) is 0 Å². The lowest BCUT2D eigenvalue weighted by atomic mass is 10.2. The third-order valence-electron chi connectivity index (χ3n) is 1.22. The van der Waals surface area contributed by atoms with E-state index in [0.717, 1.165) is 17.9 Å². The summed E-state index contributed by atoms with van der Waals surface area (Å²) >= 11 is 1.86. The van der Waals surface area contributed by atoms with Crippen LogP contribution in [0.15, 0.2) is 0 Å². The van der Waals surface area contributed by atoms with E-state index in [1.165, 1.54) is 0 Å². The van der Waals surface area contributed by atoms with Crippen LogP contribution in [0.2, 0.25) is 0 Å². The predicted octanol–water partition coefficient (Wildman–Crippen LogP) is 2.56. The highest BCUT2D eigenvalue weighted by Gasteiger charge is 2.05. The lowest BCUT2D eigenvalue weighted by Gasteiger charge is -2.09. The normalized spacial score (nSPS) is 13.2.